The lowest BCUT2D eigenvalue weighted by Crippen LogP contribution is -2.14. The molecule has 3 nitrogen and oxygen atoms in total. The van der Waals surface area contributed by atoms with Crippen molar-refractivity contribution in [1.29, 1.82) is 0 Å². The predicted molar refractivity (Wildman–Crippen MR) is 44.6 cm³/mol. The van der Waals surface area contributed by atoms with Crippen LogP contribution in [0.5, 0.6) is 0 Å². The molecule has 0 spiro atoms. The molecule has 0 saturated carbocycles. The quantitative estimate of drug-likeness (QED) is 0.666. The minimum atomic E-state index is -1.60. The Morgan fingerprint density at radius 3 is 3.00 bits per heavy atom. The van der Waals surface area contributed by atoms with Crippen molar-refractivity contribution in [3.05, 3.63) is 30.1 Å². The average Bonchev–Trinajstić information content (AvgIpc) is 2.04. The van der Waals surface area contributed by atoms with Crippen molar-refractivity contribution in [2.24, 2.45) is 0 Å². The third-order valence-electron chi connectivity index (χ3n) is 1.39. The highest BCUT2D eigenvalue weighted by molar-refractivity contribution is 5.66. The number of hydrogen-bond acceptors (Lipinski definition) is 3. The topological polar surface area (TPSA) is 39.2 Å². The molecule has 1 rings (SSSR count). The number of aromatic nitrogens is 1. The van der Waals surface area contributed by atoms with E-state index in [2.05, 4.69) is 9.72 Å². The lowest BCUT2D eigenvalue weighted by atomic mass is 10.3. The van der Waals surface area contributed by atoms with E-state index in [0.717, 1.165) is 0 Å². The standard InChI is InChI=1S/C9H10FNO2/c1-7(12)13-9(10)6-8-4-2-3-5-11-8/h2-5,9H,6H2,1H3. The molecule has 0 aliphatic heterocycles. The normalized spacial score (nSPS) is 12.2. The molecule has 0 saturated heterocycles. The molecule has 0 aliphatic carbocycles. The van der Waals surface area contributed by atoms with Crippen molar-refractivity contribution in [2.75, 3.05) is 0 Å². The molecule has 0 fully saturated rings. The van der Waals surface area contributed by atoms with Crippen molar-refractivity contribution in [1.82, 2.24) is 4.98 Å². The highest BCUT2D eigenvalue weighted by Gasteiger charge is 2.10. The molecular formula is C9H10FNO2. The molecule has 1 aromatic heterocycles. The highest BCUT2D eigenvalue weighted by Crippen LogP contribution is 2.04. The summed E-state index contributed by atoms with van der Waals surface area (Å²) in [7, 11) is 0. The first-order valence-corrected chi connectivity index (χ1v) is 3.89. The van der Waals surface area contributed by atoms with E-state index in [0.29, 0.717) is 5.69 Å². The van der Waals surface area contributed by atoms with Crippen molar-refractivity contribution in [3.8, 4) is 0 Å². The van der Waals surface area contributed by atoms with Crippen LogP contribution in [0, 0.1) is 0 Å². The maximum absolute atomic E-state index is 12.9. The number of pyridine rings is 1. The number of nitrogens with zero attached hydrogens (tertiary/aromatic N) is 1. The summed E-state index contributed by atoms with van der Waals surface area (Å²) in [6.07, 6.45) is -0.0385. The van der Waals surface area contributed by atoms with Gasteiger partial charge in [-0.15, -0.1) is 0 Å². The van der Waals surface area contributed by atoms with Gasteiger partial charge in [0.2, 0.25) is 6.36 Å². The van der Waals surface area contributed by atoms with Gasteiger partial charge in [-0.05, 0) is 12.1 Å². The van der Waals surface area contributed by atoms with Gasteiger partial charge in [-0.1, -0.05) is 6.07 Å². The van der Waals surface area contributed by atoms with Crippen molar-refractivity contribution >= 4 is 5.97 Å². The molecule has 70 valence electrons. The highest BCUT2D eigenvalue weighted by atomic mass is 19.1. The number of rotatable bonds is 3. The van der Waals surface area contributed by atoms with E-state index in [9.17, 15) is 9.18 Å². The summed E-state index contributed by atoms with van der Waals surface area (Å²) in [5, 5.41) is 0. The third kappa shape index (κ3) is 3.64. The summed E-state index contributed by atoms with van der Waals surface area (Å²) in [5.74, 6) is -0.622. The molecule has 0 bridgehead atoms. The van der Waals surface area contributed by atoms with Crippen LogP contribution >= 0.6 is 0 Å². The molecule has 13 heavy (non-hydrogen) atoms. The van der Waals surface area contributed by atoms with Crippen LogP contribution in [0.1, 0.15) is 12.6 Å². The Labute approximate surface area is 75.6 Å². The van der Waals surface area contributed by atoms with Crippen LogP contribution in [0.25, 0.3) is 0 Å². The van der Waals surface area contributed by atoms with Gasteiger partial charge in [0.25, 0.3) is 0 Å². The van der Waals surface area contributed by atoms with Gasteiger partial charge in [-0.2, -0.15) is 0 Å². The van der Waals surface area contributed by atoms with E-state index in [-0.39, 0.29) is 6.42 Å². The second-order valence-corrected chi connectivity index (χ2v) is 2.54. The predicted octanol–water partition coefficient (Wildman–Crippen LogP) is 1.48. The fourth-order valence-electron chi connectivity index (χ4n) is 0.905. The summed E-state index contributed by atoms with van der Waals surface area (Å²) in [6, 6.07) is 5.17. The molecule has 1 unspecified atom stereocenters. The molecule has 1 atom stereocenters. The number of esters is 1. The zero-order valence-corrected chi connectivity index (χ0v) is 7.24. The zero-order valence-electron chi connectivity index (χ0n) is 7.24. The lowest BCUT2D eigenvalue weighted by molar-refractivity contribution is -0.154. The van der Waals surface area contributed by atoms with Crippen LogP contribution in [-0.2, 0) is 16.0 Å². The summed E-state index contributed by atoms with van der Waals surface area (Å²) in [4.78, 5) is 14.3. The van der Waals surface area contributed by atoms with Gasteiger partial charge in [0.05, 0.1) is 6.42 Å². The van der Waals surface area contributed by atoms with Crippen LogP contribution in [0.2, 0.25) is 0 Å². The first-order chi connectivity index (χ1) is 6.18. The first-order valence-electron chi connectivity index (χ1n) is 3.89. The molecule has 0 aromatic carbocycles. The van der Waals surface area contributed by atoms with Gasteiger partial charge in [-0.25, -0.2) is 4.39 Å². The number of halogens is 1. The Hall–Kier alpha value is -1.45. The monoisotopic (exact) mass is 183 g/mol. The Bertz CT molecular complexity index is 276. The largest absolute Gasteiger partial charge is 0.431 e. The Morgan fingerprint density at radius 1 is 1.69 bits per heavy atom. The minimum Gasteiger partial charge on any atom is -0.431 e. The summed E-state index contributed by atoms with van der Waals surface area (Å²) >= 11 is 0. The van der Waals surface area contributed by atoms with E-state index in [1.807, 2.05) is 0 Å². The van der Waals surface area contributed by atoms with Gasteiger partial charge >= 0.3 is 5.97 Å². The molecular weight excluding hydrogens is 173 g/mol. The van der Waals surface area contributed by atoms with Crippen molar-refractivity contribution in [3.63, 3.8) is 0 Å². The van der Waals surface area contributed by atoms with Gasteiger partial charge < -0.3 is 4.74 Å². The second kappa shape index (κ2) is 4.54. The van der Waals surface area contributed by atoms with Gasteiger partial charge in [0.15, 0.2) is 0 Å². The van der Waals surface area contributed by atoms with E-state index >= 15 is 0 Å². The van der Waals surface area contributed by atoms with Gasteiger partial charge in [-0.3, -0.25) is 9.78 Å². The van der Waals surface area contributed by atoms with Crippen LogP contribution in [0.4, 0.5) is 4.39 Å². The molecule has 1 heterocycles. The summed E-state index contributed by atoms with van der Waals surface area (Å²) in [5.41, 5.74) is 0.566. The lowest BCUT2D eigenvalue weighted by Gasteiger charge is -2.06. The first kappa shape index (κ1) is 9.64. The number of hydrogen-bond donors (Lipinski definition) is 0. The van der Waals surface area contributed by atoms with Crippen molar-refractivity contribution in [2.45, 2.75) is 19.7 Å². The Kier molecular flexibility index (Phi) is 3.37. The van der Waals surface area contributed by atoms with E-state index in [1.165, 1.54) is 6.92 Å². The van der Waals surface area contributed by atoms with Crippen molar-refractivity contribution < 1.29 is 13.9 Å². The fraction of sp³-hybridized carbons (Fsp3) is 0.333. The maximum atomic E-state index is 12.9. The number of carbonyl (C=O) groups is 1. The van der Waals surface area contributed by atoms with Crippen LogP contribution in [0.3, 0.4) is 0 Å². The second-order valence-electron chi connectivity index (χ2n) is 2.54. The molecule has 0 N–H and O–H groups in total. The van der Waals surface area contributed by atoms with E-state index < -0.39 is 12.3 Å². The van der Waals surface area contributed by atoms with E-state index in [4.69, 9.17) is 0 Å². The van der Waals surface area contributed by atoms with E-state index in [1.54, 1.807) is 24.4 Å². The van der Waals surface area contributed by atoms with Gasteiger partial charge in [0.1, 0.15) is 0 Å². The summed E-state index contributed by atoms with van der Waals surface area (Å²) in [6.45, 7) is 1.17. The van der Waals surface area contributed by atoms with Crippen LogP contribution < -0.4 is 0 Å². The van der Waals surface area contributed by atoms with Gasteiger partial charge in [0, 0.05) is 18.8 Å². The summed E-state index contributed by atoms with van der Waals surface area (Å²) < 4.78 is 17.2. The SMILES string of the molecule is CC(=O)OC(F)Cc1ccccn1. The average molecular weight is 183 g/mol. The third-order valence-corrected chi connectivity index (χ3v) is 1.39. The number of carbonyl (C=O) groups excluding carboxylic acids is 1. The minimum absolute atomic E-state index is 0.000417. The number of ether oxygens (including phenoxy) is 1. The molecule has 0 radical (unpaired) electrons. The van der Waals surface area contributed by atoms with Crippen LogP contribution in [-0.4, -0.2) is 17.3 Å². The van der Waals surface area contributed by atoms with Crippen LogP contribution in [0.15, 0.2) is 24.4 Å². The molecule has 0 amide bonds. The Morgan fingerprint density at radius 2 is 2.46 bits per heavy atom. The Balaban J connectivity index is 2.45. The maximum Gasteiger partial charge on any atom is 0.305 e. The number of alkyl halides is 1. The zero-order chi connectivity index (χ0) is 9.68. The molecule has 4 heteroatoms. The molecule has 1 aromatic rings. The molecule has 0 aliphatic rings. The fourth-order valence-corrected chi connectivity index (χ4v) is 0.905. The smallest absolute Gasteiger partial charge is 0.305 e.